The normalized spacial score (nSPS) is 15.2. The van der Waals surface area contributed by atoms with Gasteiger partial charge in [-0.2, -0.15) is 0 Å². The molecule has 0 fully saturated rings. The molecule has 1 aliphatic rings. The molecule has 0 radical (unpaired) electrons. The van der Waals surface area contributed by atoms with Crippen molar-refractivity contribution in [3.05, 3.63) is 45.7 Å². The van der Waals surface area contributed by atoms with E-state index in [-0.39, 0.29) is 12.0 Å². The van der Waals surface area contributed by atoms with Crippen LogP contribution in [0.1, 0.15) is 17.5 Å². The molecule has 0 saturated carbocycles. The number of hydrogen-bond acceptors (Lipinski definition) is 3. The molecule has 3 N–H and O–H groups in total. The summed E-state index contributed by atoms with van der Waals surface area (Å²) in [6, 6.07) is 6.71. The predicted molar refractivity (Wildman–Crippen MR) is 75.8 cm³/mol. The quantitative estimate of drug-likeness (QED) is 0.869. The highest BCUT2D eigenvalue weighted by Gasteiger charge is 2.19. The smallest absolute Gasteiger partial charge is 0.320 e. The second kappa shape index (κ2) is 4.76. The Hall–Kier alpha value is -2.14. The standard InChI is InChI=1S/C15H16N2O3/c16-12(15(19)20)8-11-7-10-4-1-3-9-5-2-6-17(13(9)10)14(11)18/h1,3-4,7,12H,2,5-6,8,16H2,(H,19,20)/t12-/m0/s1. The Balaban J connectivity index is 2.19. The van der Waals surface area contributed by atoms with E-state index in [2.05, 4.69) is 0 Å². The molecule has 0 saturated heterocycles. The van der Waals surface area contributed by atoms with Crippen molar-refractivity contribution in [1.29, 1.82) is 0 Å². The zero-order valence-electron chi connectivity index (χ0n) is 11.0. The Labute approximate surface area is 115 Å². The van der Waals surface area contributed by atoms with Crippen molar-refractivity contribution in [2.75, 3.05) is 0 Å². The fraction of sp³-hybridized carbons (Fsp3) is 0.333. The van der Waals surface area contributed by atoms with Crippen LogP contribution in [0.4, 0.5) is 0 Å². The SMILES string of the molecule is N[C@@H](Cc1cc2cccc3c2n(c1=O)CCC3)C(=O)O. The van der Waals surface area contributed by atoms with Crippen LogP contribution >= 0.6 is 0 Å². The van der Waals surface area contributed by atoms with Crippen molar-refractivity contribution in [2.24, 2.45) is 5.73 Å². The number of carbonyl (C=O) groups is 1. The van der Waals surface area contributed by atoms with E-state index >= 15 is 0 Å². The van der Waals surface area contributed by atoms with Gasteiger partial charge in [-0.15, -0.1) is 0 Å². The Morgan fingerprint density at radius 1 is 1.45 bits per heavy atom. The minimum Gasteiger partial charge on any atom is -0.480 e. The van der Waals surface area contributed by atoms with Crippen molar-refractivity contribution in [1.82, 2.24) is 4.57 Å². The number of nitrogens with zero attached hydrogens (tertiary/aromatic N) is 1. The number of aliphatic carboxylic acids is 1. The highest BCUT2D eigenvalue weighted by atomic mass is 16.4. The summed E-state index contributed by atoms with van der Waals surface area (Å²) in [6.45, 7) is 0.683. The van der Waals surface area contributed by atoms with E-state index in [0.717, 1.165) is 23.7 Å². The first-order chi connectivity index (χ1) is 9.58. The van der Waals surface area contributed by atoms with E-state index in [1.165, 1.54) is 5.56 Å². The number of carboxylic acids is 1. The van der Waals surface area contributed by atoms with E-state index in [1.807, 2.05) is 18.2 Å². The molecule has 2 heterocycles. The third-order valence-electron chi connectivity index (χ3n) is 3.86. The van der Waals surface area contributed by atoms with Crippen molar-refractivity contribution >= 4 is 16.9 Å². The van der Waals surface area contributed by atoms with Crippen molar-refractivity contribution < 1.29 is 9.90 Å². The molecule has 1 atom stereocenters. The van der Waals surface area contributed by atoms with Gasteiger partial charge >= 0.3 is 5.97 Å². The number of aryl methyl sites for hydroxylation is 2. The molecule has 0 unspecified atom stereocenters. The zero-order valence-corrected chi connectivity index (χ0v) is 11.0. The number of aromatic nitrogens is 1. The van der Waals surface area contributed by atoms with Crippen molar-refractivity contribution in [3.8, 4) is 0 Å². The van der Waals surface area contributed by atoms with Crippen LogP contribution in [0, 0.1) is 0 Å². The van der Waals surface area contributed by atoms with Gasteiger partial charge in [0.05, 0.1) is 5.52 Å². The fourth-order valence-corrected chi connectivity index (χ4v) is 2.89. The topological polar surface area (TPSA) is 85.3 Å². The van der Waals surface area contributed by atoms with Crippen LogP contribution in [0.25, 0.3) is 10.9 Å². The fourth-order valence-electron chi connectivity index (χ4n) is 2.89. The molecule has 0 bridgehead atoms. The van der Waals surface area contributed by atoms with Crippen LogP contribution in [0.2, 0.25) is 0 Å². The maximum absolute atomic E-state index is 12.5. The van der Waals surface area contributed by atoms with Crippen LogP contribution in [-0.4, -0.2) is 21.7 Å². The third kappa shape index (κ3) is 2.00. The molecular formula is C15H16N2O3. The Kier molecular flexibility index (Phi) is 3.06. The molecule has 1 aromatic carbocycles. The van der Waals surface area contributed by atoms with Gasteiger partial charge < -0.3 is 15.4 Å². The summed E-state index contributed by atoms with van der Waals surface area (Å²) in [7, 11) is 0. The van der Waals surface area contributed by atoms with Gasteiger partial charge in [-0.3, -0.25) is 9.59 Å². The summed E-state index contributed by atoms with van der Waals surface area (Å²) in [6.07, 6.45) is 1.97. The lowest BCUT2D eigenvalue weighted by Gasteiger charge is -2.20. The number of nitrogens with two attached hydrogens (primary N) is 1. The lowest BCUT2D eigenvalue weighted by atomic mass is 9.98. The van der Waals surface area contributed by atoms with Gasteiger partial charge in [0.2, 0.25) is 0 Å². The van der Waals surface area contributed by atoms with Crippen molar-refractivity contribution in [3.63, 3.8) is 0 Å². The molecule has 1 aliphatic heterocycles. The molecule has 5 heteroatoms. The minimum absolute atomic E-state index is 0.0638. The molecule has 104 valence electrons. The van der Waals surface area contributed by atoms with Crippen LogP contribution in [0.5, 0.6) is 0 Å². The van der Waals surface area contributed by atoms with E-state index in [0.29, 0.717) is 12.1 Å². The molecule has 20 heavy (non-hydrogen) atoms. The number of hydrogen-bond donors (Lipinski definition) is 2. The van der Waals surface area contributed by atoms with Gasteiger partial charge in [0.25, 0.3) is 5.56 Å². The van der Waals surface area contributed by atoms with Gasteiger partial charge in [0.15, 0.2) is 0 Å². The van der Waals surface area contributed by atoms with Gasteiger partial charge in [0, 0.05) is 18.5 Å². The molecule has 1 aromatic heterocycles. The van der Waals surface area contributed by atoms with E-state index in [1.54, 1.807) is 10.6 Å². The first-order valence-corrected chi connectivity index (χ1v) is 6.70. The average Bonchev–Trinajstić information content (AvgIpc) is 2.44. The zero-order chi connectivity index (χ0) is 14.3. The van der Waals surface area contributed by atoms with Gasteiger partial charge in [0.1, 0.15) is 6.04 Å². The monoisotopic (exact) mass is 272 g/mol. The van der Waals surface area contributed by atoms with Gasteiger partial charge in [-0.1, -0.05) is 18.2 Å². The third-order valence-corrected chi connectivity index (χ3v) is 3.86. The Morgan fingerprint density at radius 3 is 3.00 bits per heavy atom. The molecule has 0 spiro atoms. The molecule has 0 aliphatic carbocycles. The minimum atomic E-state index is -1.09. The molecular weight excluding hydrogens is 256 g/mol. The molecule has 5 nitrogen and oxygen atoms in total. The van der Waals surface area contributed by atoms with E-state index < -0.39 is 12.0 Å². The lowest BCUT2D eigenvalue weighted by Crippen LogP contribution is -2.36. The lowest BCUT2D eigenvalue weighted by molar-refractivity contribution is -0.138. The highest BCUT2D eigenvalue weighted by molar-refractivity contribution is 5.83. The summed E-state index contributed by atoms with van der Waals surface area (Å²) in [5.41, 5.74) is 8.08. The number of rotatable bonds is 3. The second-order valence-electron chi connectivity index (χ2n) is 5.23. The number of para-hydroxylation sites is 1. The summed E-state index contributed by atoms with van der Waals surface area (Å²) < 4.78 is 1.76. The summed E-state index contributed by atoms with van der Waals surface area (Å²) in [4.78, 5) is 23.3. The molecule has 0 amide bonds. The maximum atomic E-state index is 12.5. The Bertz CT molecular complexity index is 749. The number of carboxylic acid groups (broad SMARTS) is 1. The number of benzene rings is 1. The van der Waals surface area contributed by atoms with Gasteiger partial charge in [-0.25, -0.2) is 0 Å². The molecule has 2 aromatic rings. The van der Waals surface area contributed by atoms with E-state index in [4.69, 9.17) is 10.8 Å². The Morgan fingerprint density at radius 2 is 2.25 bits per heavy atom. The largest absolute Gasteiger partial charge is 0.480 e. The average molecular weight is 272 g/mol. The summed E-state index contributed by atoms with van der Waals surface area (Å²) in [5.74, 6) is -1.09. The predicted octanol–water partition coefficient (Wildman–Crippen LogP) is 0.902. The van der Waals surface area contributed by atoms with Gasteiger partial charge in [-0.05, 0) is 29.9 Å². The van der Waals surface area contributed by atoms with Crippen LogP contribution in [0.3, 0.4) is 0 Å². The first-order valence-electron chi connectivity index (χ1n) is 6.70. The maximum Gasteiger partial charge on any atom is 0.320 e. The summed E-state index contributed by atoms with van der Waals surface area (Å²) >= 11 is 0. The highest BCUT2D eigenvalue weighted by Crippen LogP contribution is 2.24. The molecule has 3 rings (SSSR count). The van der Waals surface area contributed by atoms with Crippen LogP contribution < -0.4 is 11.3 Å². The number of pyridine rings is 1. The first kappa shape index (κ1) is 12.9. The summed E-state index contributed by atoms with van der Waals surface area (Å²) in [5, 5.41) is 9.88. The van der Waals surface area contributed by atoms with Crippen LogP contribution in [0.15, 0.2) is 29.1 Å². The van der Waals surface area contributed by atoms with E-state index in [9.17, 15) is 9.59 Å². The van der Waals surface area contributed by atoms with Crippen molar-refractivity contribution in [2.45, 2.75) is 31.8 Å². The van der Waals surface area contributed by atoms with Crippen LogP contribution in [-0.2, 0) is 24.2 Å². The second-order valence-corrected chi connectivity index (χ2v) is 5.23.